The van der Waals surface area contributed by atoms with Crippen molar-refractivity contribution in [2.24, 2.45) is 11.8 Å². The molecule has 0 aromatic carbocycles. The molecule has 2 nitrogen and oxygen atoms in total. The first kappa shape index (κ1) is 10.0. The summed E-state index contributed by atoms with van der Waals surface area (Å²) in [6.45, 7) is 4.43. The van der Waals surface area contributed by atoms with Crippen molar-refractivity contribution in [3.8, 4) is 0 Å². The number of nitrogens with one attached hydrogen (secondary N) is 1. The highest BCUT2D eigenvalue weighted by Crippen LogP contribution is 2.34. The van der Waals surface area contributed by atoms with Gasteiger partial charge in [0.1, 0.15) is 0 Å². The average Bonchev–Trinajstić information content (AvgIpc) is 2.30. The highest BCUT2D eigenvalue weighted by atomic mass is 32.2. The van der Waals surface area contributed by atoms with Crippen molar-refractivity contribution in [3.63, 3.8) is 0 Å². The first-order valence-electron chi connectivity index (χ1n) is 4.64. The Labute approximate surface area is 75.7 Å². The highest BCUT2D eigenvalue weighted by molar-refractivity contribution is 7.92. The molecule has 0 aliphatic heterocycles. The van der Waals surface area contributed by atoms with Crippen molar-refractivity contribution >= 4 is 9.73 Å². The van der Waals surface area contributed by atoms with Crippen LogP contribution in [0.2, 0.25) is 0 Å². The molecule has 0 saturated heterocycles. The summed E-state index contributed by atoms with van der Waals surface area (Å²) in [7, 11) is -2.27. The van der Waals surface area contributed by atoms with Crippen LogP contribution in [0.3, 0.4) is 0 Å². The van der Waals surface area contributed by atoms with Crippen molar-refractivity contribution < 1.29 is 4.21 Å². The minimum atomic E-state index is -2.27. The standard InChI is InChI=1S/C9H19NOS/c1-7(2)8-4-5-9(6-8)12(3,10)11/h7-10H,4-6H2,1-3H3. The second-order valence-electron chi connectivity index (χ2n) is 4.34. The van der Waals surface area contributed by atoms with Gasteiger partial charge in [-0.05, 0) is 31.1 Å². The van der Waals surface area contributed by atoms with E-state index in [9.17, 15) is 4.21 Å². The van der Waals surface area contributed by atoms with Crippen molar-refractivity contribution in [3.05, 3.63) is 0 Å². The van der Waals surface area contributed by atoms with Gasteiger partial charge in [-0.2, -0.15) is 0 Å². The van der Waals surface area contributed by atoms with E-state index >= 15 is 0 Å². The molecular formula is C9H19NOS. The van der Waals surface area contributed by atoms with Gasteiger partial charge in [0.25, 0.3) is 0 Å². The van der Waals surface area contributed by atoms with Crippen LogP contribution in [0, 0.1) is 16.6 Å². The SMILES string of the molecule is CC(C)C1CCC(S(C)(=N)=O)C1. The quantitative estimate of drug-likeness (QED) is 0.712. The maximum absolute atomic E-state index is 11.4. The maximum atomic E-state index is 11.4. The zero-order valence-electron chi connectivity index (χ0n) is 8.17. The summed E-state index contributed by atoms with van der Waals surface area (Å²) in [4.78, 5) is 0. The fourth-order valence-corrected chi connectivity index (χ4v) is 3.19. The van der Waals surface area contributed by atoms with Crippen molar-refractivity contribution in [2.75, 3.05) is 6.26 Å². The van der Waals surface area contributed by atoms with Gasteiger partial charge >= 0.3 is 0 Å². The van der Waals surface area contributed by atoms with E-state index in [-0.39, 0.29) is 5.25 Å². The van der Waals surface area contributed by atoms with Gasteiger partial charge in [-0.25, -0.2) is 4.21 Å². The average molecular weight is 189 g/mol. The molecule has 0 bridgehead atoms. The van der Waals surface area contributed by atoms with E-state index in [1.807, 2.05) is 0 Å². The molecule has 3 atom stereocenters. The van der Waals surface area contributed by atoms with Gasteiger partial charge in [0.15, 0.2) is 0 Å². The van der Waals surface area contributed by atoms with E-state index in [4.69, 9.17) is 4.78 Å². The van der Waals surface area contributed by atoms with Gasteiger partial charge in [0.05, 0.1) is 0 Å². The van der Waals surface area contributed by atoms with Crippen molar-refractivity contribution in [1.29, 1.82) is 4.78 Å². The first-order chi connectivity index (χ1) is 5.41. The normalized spacial score (nSPS) is 35.3. The zero-order chi connectivity index (χ0) is 9.35. The van der Waals surface area contributed by atoms with Gasteiger partial charge in [-0.3, -0.25) is 4.78 Å². The molecule has 0 heterocycles. The predicted octanol–water partition coefficient (Wildman–Crippen LogP) is 2.49. The minimum absolute atomic E-state index is 0.171. The zero-order valence-corrected chi connectivity index (χ0v) is 8.99. The third kappa shape index (κ3) is 2.22. The Morgan fingerprint density at radius 3 is 2.25 bits per heavy atom. The van der Waals surface area contributed by atoms with Crippen LogP contribution in [-0.4, -0.2) is 15.7 Å². The minimum Gasteiger partial charge on any atom is -0.253 e. The van der Waals surface area contributed by atoms with Crippen molar-refractivity contribution in [1.82, 2.24) is 0 Å². The summed E-state index contributed by atoms with van der Waals surface area (Å²) >= 11 is 0. The third-order valence-corrected chi connectivity index (χ3v) is 4.70. The molecule has 1 aliphatic rings. The lowest BCUT2D eigenvalue weighted by Crippen LogP contribution is -2.15. The molecule has 1 fully saturated rings. The highest BCUT2D eigenvalue weighted by Gasteiger charge is 2.30. The van der Waals surface area contributed by atoms with E-state index in [0.717, 1.165) is 12.8 Å². The van der Waals surface area contributed by atoms with Gasteiger partial charge in [0.2, 0.25) is 0 Å². The van der Waals surface area contributed by atoms with Crippen LogP contribution in [-0.2, 0) is 9.73 Å². The fraction of sp³-hybridized carbons (Fsp3) is 1.00. The maximum Gasteiger partial charge on any atom is 0.0441 e. The van der Waals surface area contributed by atoms with E-state index in [1.54, 1.807) is 6.26 Å². The Morgan fingerprint density at radius 1 is 1.42 bits per heavy atom. The van der Waals surface area contributed by atoms with Gasteiger partial charge < -0.3 is 0 Å². The lowest BCUT2D eigenvalue weighted by atomic mass is 9.95. The molecule has 0 amide bonds. The van der Waals surface area contributed by atoms with E-state index in [0.29, 0.717) is 11.8 Å². The molecule has 0 aromatic heterocycles. The number of rotatable bonds is 2. The summed E-state index contributed by atoms with van der Waals surface area (Å²) < 4.78 is 18.9. The lowest BCUT2D eigenvalue weighted by molar-refractivity contribution is 0.396. The molecule has 0 spiro atoms. The van der Waals surface area contributed by atoms with Crippen LogP contribution in [0.15, 0.2) is 0 Å². The molecule has 1 N–H and O–H groups in total. The second kappa shape index (κ2) is 3.36. The van der Waals surface area contributed by atoms with Gasteiger partial charge in [-0.15, -0.1) is 0 Å². The predicted molar refractivity (Wildman–Crippen MR) is 52.8 cm³/mol. The van der Waals surface area contributed by atoms with Gasteiger partial charge in [-0.1, -0.05) is 13.8 Å². The Bertz CT molecular complexity index is 243. The van der Waals surface area contributed by atoms with Gasteiger partial charge in [0, 0.05) is 21.2 Å². The summed E-state index contributed by atoms with van der Waals surface area (Å²) in [6.07, 6.45) is 4.77. The number of hydrogen-bond acceptors (Lipinski definition) is 2. The lowest BCUT2D eigenvalue weighted by Gasteiger charge is -2.14. The second-order valence-corrected chi connectivity index (χ2v) is 6.82. The van der Waals surface area contributed by atoms with Crippen LogP contribution in [0.5, 0.6) is 0 Å². The Morgan fingerprint density at radius 2 is 2.00 bits per heavy atom. The largest absolute Gasteiger partial charge is 0.253 e. The molecular weight excluding hydrogens is 170 g/mol. The van der Waals surface area contributed by atoms with Crippen molar-refractivity contribution in [2.45, 2.75) is 38.4 Å². The molecule has 1 saturated carbocycles. The molecule has 1 aliphatic carbocycles. The monoisotopic (exact) mass is 189 g/mol. The summed E-state index contributed by atoms with van der Waals surface area (Å²) in [5.41, 5.74) is 0. The Balaban J connectivity index is 2.58. The molecule has 3 unspecified atom stereocenters. The summed E-state index contributed by atoms with van der Waals surface area (Å²) in [6, 6.07) is 0. The van der Waals surface area contributed by atoms with E-state index in [1.165, 1.54) is 6.42 Å². The van der Waals surface area contributed by atoms with Crippen LogP contribution in [0.4, 0.5) is 0 Å². The molecule has 72 valence electrons. The number of hydrogen-bond donors (Lipinski definition) is 1. The summed E-state index contributed by atoms with van der Waals surface area (Å²) in [5.74, 6) is 1.40. The fourth-order valence-electron chi connectivity index (χ4n) is 1.99. The molecule has 0 aromatic rings. The first-order valence-corrected chi connectivity index (χ1v) is 6.67. The molecule has 1 rings (SSSR count). The smallest absolute Gasteiger partial charge is 0.0441 e. The molecule has 3 heteroatoms. The third-order valence-electron chi connectivity index (χ3n) is 3.00. The van der Waals surface area contributed by atoms with Crippen LogP contribution in [0.1, 0.15) is 33.1 Å². The summed E-state index contributed by atoms with van der Waals surface area (Å²) in [5, 5.41) is 0.171. The van der Waals surface area contributed by atoms with Crippen LogP contribution >= 0.6 is 0 Å². The Hall–Kier alpha value is -0.0500. The Kier molecular flexibility index (Phi) is 2.81. The topological polar surface area (TPSA) is 40.9 Å². The van der Waals surface area contributed by atoms with E-state index < -0.39 is 9.73 Å². The van der Waals surface area contributed by atoms with Crippen LogP contribution in [0.25, 0.3) is 0 Å². The van der Waals surface area contributed by atoms with E-state index in [2.05, 4.69) is 13.8 Å². The molecule has 0 radical (unpaired) electrons. The molecule has 12 heavy (non-hydrogen) atoms. The van der Waals surface area contributed by atoms with Crippen LogP contribution < -0.4 is 0 Å².